The molecule has 6 nitrogen and oxygen atoms in total. The predicted octanol–water partition coefficient (Wildman–Crippen LogP) is 2.24. The number of urea groups is 1. The standard InChI is InChI=1S/C19H27N5O/c1-15-5-3-6-16(11-15)8-9-20-19(25)22-17-7-4-10-24(13-17)18-12-21-23(2)14-18/h3,5-6,11-12,14,17H,4,7-10,13H2,1-2H3,(H2,20,22,25)/t17-/m0/s1. The fraction of sp³-hybridized carbons (Fsp3) is 0.474. The van der Waals surface area contributed by atoms with Crippen LogP contribution in [0.3, 0.4) is 0 Å². The summed E-state index contributed by atoms with van der Waals surface area (Å²) in [5, 5.41) is 10.3. The Morgan fingerprint density at radius 3 is 3.04 bits per heavy atom. The molecule has 2 aromatic rings. The first-order valence-electron chi connectivity index (χ1n) is 8.93. The van der Waals surface area contributed by atoms with Gasteiger partial charge in [-0.15, -0.1) is 0 Å². The third-order valence-corrected chi connectivity index (χ3v) is 4.59. The van der Waals surface area contributed by atoms with Gasteiger partial charge in [-0.3, -0.25) is 4.68 Å². The number of nitrogens with one attached hydrogen (secondary N) is 2. The van der Waals surface area contributed by atoms with Gasteiger partial charge in [0, 0.05) is 38.9 Å². The van der Waals surface area contributed by atoms with Gasteiger partial charge in [0.25, 0.3) is 0 Å². The van der Waals surface area contributed by atoms with E-state index in [4.69, 9.17) is 0 Å². The highest BCUT2D eigenvalue weighted by atomic mass is 16.2. The summed E-state index contributed by atoms with van der Waals surface area (Å²) in [5.74, 6) is 0. The van der Waals surface area contributed by atoms with Crippen LogP contribution < -0.4 is 15.5 Å². The lowest BCUT2D eigenvalue weighted by Gasteiger charge is -2.33. The maximum Gasteiger partial charge on any atom is 0.315 e. The van der Waals surface area contributed by atoms with Crippen molar-refractivity contribution in [1.82, 2.24) is 20.4 Å². The van der Waals surface area contributed by atoms with Crippen LogP contribution in [0.5, 0.6) is 0 Å². The van der Waals surface area contributed by atoms with Crippen LogP contribution in [0.2, 0.25) is 0 Å². The predicted molar refractivity (Wildman–Crippen MR) is 99.9 cm³/mol. The molecule has 1 aromatic heterocycles. The summed E-state index contributed by atoms with van der Waals surface area (Å²) in [6.07, 6.45) is 6.83. The molecule has 2 heterocycles. The van der Waals surface area contributed by atoms with E-state index in [0.29, 0.717) is 6.54 Å². The molecule has 3 rings (SSSR count). The van der Waals surface area contributed by atoms with Gasteiger partial charge in [-0.1, -0.05) is 29.8 Å². The molecular formula is C19H27N5O. The van der Waals surface area contributed by atoms with Crippen molar-refractivity contribution < 1.29 is 4.79 Å². The monoisotopic (exact) mass is 341 g/mol. The molecule has 0 aliphatic carbocycles. The number of nitrogens with zero attached hydrogens (tertiary/aromatic N) is 3. The molecule has 0 radical (unpaired) electrons. The van der Waals surface area contributed by atoms with Crippen molar-refractivity contribution in [1.29, 1.82) is 0 Å². The molecule has 2 amide bonds. The largest absolute Gasteiger partial charge is 0.367 e. The summed E-state index contributed by atoms with van der Waals surface area (Å²) in [6, 6.07) is 8.49. The van der Waals surface area contributed by atoms with Crippen LogP contribution in [-0.2, 0) is 13.5 Å². The molecule has 6 heteroatoms. The smallest absolute Gasteiger partial charge is 0.315 e. The second kappa shape index (κ2) is 8.05. The number of piperidine rings is 1. The second-order valence-electron chi connectivity index (χ2n) is 6.80. The molecule has 25 heavy (non-hydrogen) atoms. The maximum atomic E-state index is 12.2. The first kappa shape index (κ1) is 17.3. The highest BCUT2D eigenvalue weighted by Crippen LogP contribution is 2.18. The Hall–Kier alpha value is -2.50. The van der Waals surface area contributed by atoms with Gasteiger partial charge in [-0.25, -0.2) is 4.79 Å². The molecule has 1 aliphatic rings. The van der Waals surface area contributed by atoms with Crippen LogP contribution in [0.25, 0.3) is 0 Å². The van der Waals surface area contributed by atoms with E-state index in [1.165, 1.54) is 11.1 Å². The average molecular weight is 341 g/mol. The molecule has 1 atom stereocenters. The van der Waals surface area contributed by atoms with Crippen molar-refractivity contribution >= 4 is 11.7 Å². The number of carbonyl (C=O) groups excluding carboxylic acids is 1. The number of rotatable bonds is 5. The third-order valence-electron chi connectivity index (χ3n) is 4.59. The lowest BCUT2D eigenvalue weighted by Crippen LogP contribution is -2.50. The van der Waals surface area contributed by atoms with Gasteiger partial charge in [0.15, 0.2) is 0 Å². The zero-order chi connectivity index (χ0) is 17.6. The molecule has 1 aromatic carbocycles. The zero-order valence-corrected chi connectivity index (χ0v) is 15.0. The molecule has 0 saturated carbocycles. The van der Waals surface area contributed by atoms with E-state index in [-0.39, 0.29) is 12.1 Å². The van der Waals surface area contributed by atoms with Crippen molar-refractivity contribution in [3.63, 3.8) is 0 Å². The lowest BCUT2D eigenvalue weighted by atomic mass is 10.1. The van der Waals surface area contributed by atoms with E-state index in [9.17, 15) is 4.79 Å². The fourth-order valence-corrected chi connectivity index (χ4v) is 3.33. The Bertz CT molecular complexity index is 711. The lowest BCUT2D eigenvalue weighted by molar-refractivity contribution is 0.235. The number of amides is 2. The highest BCUT2D eigenvalue weighted by molar-refractivity contribution is 5.74. The van der Waals surface area contributed by atoms with Gasteiger partial charge in [-0.05, 0) is 31.7 Å². The molecule has 1 fully saturated rings. The van der Waals surface area contributed by atoms with E-state index in [0.717, 1.165) is 38.0 Å². The van der Waals surface area contributed by atoms with Crippen molar-refractivity contribution in [2.45, 2.75) is 32.2 Å². The highest BCUT2D eigenvalue weighted by Gasteiger charge is 2.22. The second-order valence-corrected chi connectivity index (χ2v) is 6.80. The Morgan fingerprint density at radius 1 is 1.40 bits per heavy atom. The van der Waals surface area contributed by atoms with Crippen LogP contribution in [-0.4, -0.2) is 41.5 Å². The third kappa shape index (κ3) is 4.98. The number of aryl methyl sites for hydroxylation is 2. The average Bonchev–Trinajstić information content (AvgIpc) is 3.02. The minimum atomic E-state index is -0.0781. The molecule has 134 valence electrons. The first-order chi connectivity index (χ1) is 12.1. The molecule has 1 saturated heterocycles. The number of benzene rings is 1. The van der Waals surface area contributed by atoms with Crippen LogP contribution in [0.1, 0.15) is 24.0 Å². The van der Waals surface area contributed by atoms with Gasteiger partial charge < -0.3 is 15.5 Å². The summed E-state index contributed by atoms with van der Waals surface area (Å²) in [5.41, 5.74) is 3.62. The van der Waals surface area contributed by atoms with Gasteiger partial charge in [0.2, 0.25) is 0 Å². The number of aromatic nitrogens is 2. The van der Waals surface area contributed by atoms with E-state index in [2.05, 4.69) is 51.8 Å². The van der Waals surface area contributed by atoms with Crippen LogP contribution in [0.15, 0.2) is 36.7 Å². The van der Waals surface area contributed by atoms with Gasteiger partial charge >= 0.3 is 6.03 Å². The van der Waals surface area contributed by atoms with Crippen LogP contribution >= 0.6 is 0 Å². The Kier molecular flexibility index (Phi) is 5.58. The van der Waals surface area contributed by atoms with Gasteiger partial charge in [0.1, 0.15) is 0 Å². The molecule has 2 N–H and O–H groups in total. The summed E-state index contributed by atoms with van der Waals surface area (Å²) >= 11 is 0. The SMILES string of the molecule is Cc1cccc(CCNC(=O)N[C@H]2CCCN(c3cnn(C)c3)C2)c1. The molecule has 0 bridgehead atoms. The number of anilines is 1. The van der Waals surface area contributed by atoms with Gasteiger partial charge in [0.05, 0.1) is 11.9 Å². The first-order valence-corrected chi connectivity index (χ1v) is 8.93. The topological polar surface area (TPSA) is 62.2 Å². The van der Waals surface area contributed by atoms with Crippen molar-refractivity contribution in [2.24, 2.45) is 7.05 Å². The maximum absolute atomic E-state index is 12.2. The van der Waals surface area contributed by atoms with Crippen molar-refractivity contribution in [3.8, 4) is 0 Å². The minimum absolute atomic E-state index is 0.0781. The van der Waals surface area contributed by atoms with Crippen molar-refractivity contribution in [2.75, 3.05) is 24.5 Å². The summed E-state index contributed by atoms with van der Waals surface area (Å²) in [4.78, 5) is 14.4. The summed E-state index contributed by atoms with van der Waals surface area (Å²) in [6.45, 7) is 4.57. The Labute approximate surface area is 149 Å². The zero-order valence-electron chi connectivity index (χ0n) is 15.0. The Balaban J connectivity index is 1.43. The molecule has 0 spiro atoms. The van der Waals surface area contributed by atoms with E-state index in [1.54, 1.807) is 0 Å². The molecule has 0 unspecified atom stereocenters. The number of hydrogen-bond donors (Lipinski definition) is 2. The normalized spacial score (nSPS) is 17.4. The van der Waals surface area contributed by atoms with Crippen LogP contribution in [0.4, 0.5) is 10.5 Å². The summed E-state index contributed by atoms with van der Waals surface area (Å²) in [7, 11) is 1.92. The Morgan fingerprint density at radius 2 is 2.28 bits per heavy atom. The van der Waals surface area contributed by atoms with Gasteiger partial charge in [-0.2, -0.15) is 5.10 Å². The van der Waals surface area contributed by atoms with E-state index >= 15 is 0 Å². The van der Waals surface area contributed by atoms with E-state index < -0.39 is 0 Å². The van der Waals surface area contributed by atoms with Crippen LogP contribution in [0, 0.1) is 6.92 Å². The molecule has 1 aliphatic heterocycles. The quantitative estimate of drug-likeness (QED) is 0.877. The molecular weight excluding hydrogens is 314 g/mol. The number of carbonyl (C=O) groups is 1. The summed E-state index contributed by atoms with van der Waals surface area (Å²) < 4.78 is 1.81. The number of hydrogen-bond acceptors (Lipinski definition) is 3. The van der Waals surface area contributed by atoms with E-state index in [1.807, 2.05) is 24.1 Å². The minimum Gasteiger partial charge on any atom is -0.367 e. The fourth-order valence-electron chi connectivity index (χ4n) is 3.33. The van der Waals surface area contributed by atoms with Crippen molar-refractivity contribution in [3.05, 3.63) is 47.8 Å².